The number of aromatic hydroxyl groups is 2. The summed E-state index contributed by atoms with van der Waals surface area (Å²) in [6, 6.07) is 11.9. The summed E-state index contributed by atoms with van der Waals surface area (Å²) in [6.07, 6.45) is 7.08. The second-order valence-electron chi connectivity index (χ2n) is 9.91. The number of carbonyl (C=O) groups excluding carboxylic acids is 1. The Morgan fingerprint density at radius 2 is 1.44 bits per heavy atom. The fraction of sp³-hybridized carbons (Fsp3) is 0.531. The van der Waals surface area contributed by atoms with Crippen LogP contribution in [0.2, 0.25) is 0 Å². The van der Waals surface area contributed by atoms with Gasteiger partial charge in [-0.2, -0.15) is 0 Å². The lowest BCUT2D eigenvalue weighted by atomic mass is 9.92. The maximum absolute atomic E-state index is 9.47. The highest BCUT2D eigenvalue weighted by molar-refractivity contribution is 5.47. The van der Waals surface area contributed by atoms with Gasteiger partial charge in [0.1, 0.15) is 18.3 Å². The number of nitrogens with zero attached hydrogens (tertiary/aromatic N) is 1. The van der Waals surface area contributed by atoms with Gasteiger partial charge >= 0.3 is 0 Å². The van der Waals surface area contributed by atoms with Crippen LogP contribution in [0.5, 0.6) is 11.5 Å². The first kappa shape index (κ1) is 33.4. The third kappa shape index (κ3) is 11.4. The van der Waals surface area contributed by atoms with Crippen molar-refractivity contribution < 1.29 is 15.0 Å². The molecule has 1 fully saturated rings. The maximum Gasteiger partial charge on any atom is 0.122 e. The lowest BCUT2D eigenvalue weighted by Gasteiger charge is -2.12. The highest BCUT2D eigenvalue weighted by atomic mass is 16.3. The van der Waals surface area contributed by atoms with Crippen molar-refractivity contribution in [3.63, 3.8) is 0 Å². The van der Waals surface area contributed by atoms with Crippen molar-refractivity contribution in [2.24, 2.45) is 17.8 Å². The SMILES string of the molecule is C=C.C=O.CC1Cc2cc(O)cc(O)c2C1.CCC1CN(C)CC1CC.CCCc1ccc(C)cc1. The molecule has 0 bridgehead atoms. The number of phenolic OH excluding ortho intramolecular Hbond substituents is 2. The van der Waals surface area contributed by atoms with E-state index in [0.29, 0.717) is 5.92 Å². The van der Waals surface area contributed by atoms with Gasteiger partial charge in [0.05, 0.1) is 0 Å². The molecule has 1 aliphatic carbocycles. The first-order valence-electron chi connectivity index (χ1n) is 13.3. The normalized spacial score (nSPS) is 19.7. The highest BCUT2D eigenvalue weighted by Crippen LogP contribution is 2.35. The Labute approximate surface area is 221 Å². The summed E-state index contributed by atoms with van der Waals surface area (Å²) in [5, 5.41) is 18.7. The number of phenols is 2. The van der Waals surface area contributed by atoms with Gasteiger partial charge in [-0.05, 0) is 73.7 Å². The van der Waals surface area contributed by atoms with Crippen molar-refractivity contribution in [3.8, 4) is 11.5 Å². The number of hydrogen-bond acceptors (Lipinski definition) is 4. The molecule has 0 aromatic heterocycles. The van der Waals surface area contributed by atoms with Gasteiger partial charge in [0, 0.05) is 19.2 Å². The third-order valence-corrected chi connectivity index (χ3v) is 6.89. The minimum atomic E-state index is 0.167. The molecule has 2 N–H and O–H groups in total. The van der Waals surface area contributed by atoms with Gasteiger partial charge < -0.3 is 19.9 Å². The lowest BCUT2D eigenvalue weighted by Crippen LogP contribution is -2.13. The van der Waals surface area contributed by atoms with Crippen LogP contribution in [0.3, 0.4) is 0 Å². The minimum absolute atomic E-state index is 0.167. The molecule has 3 atom stereocenters. The molecular formula is C32H51NO3. The van der Waals surface area contributed by atoms with Crippen molar-refractivity contribution in [1.29, 1.82) is 0 Å². The van der Waals surface area contributed by atoms with Crippen LogP contribution in [0, 0.1) is 24.7 Å². The molecule has 2 aromatic carbocycles. The number of carbonyl (C=O) groups is 1. The van der Waals surface area contributed by atoms with Crippen LogP contribution < -0.4 is 0 Å². The molecule has 202 valence electrons. The fourth-order valence-electron chi connectivity index (χ4n) is 5.05. The number of fused-ring (bicyclic) bond motifs is 1. The second-order valence-corrected chi connectivity index (χ2v) is 9.91. The van der Waals surface area contributed by atoms with Gasteiger partial charge in [-0.1, -0.05) is 76.8 Å². The fourth-order valence-corrected chi connectivity index (χ4v) is 5.05. The molecule has 4 rings (SSSR count). The molecule has 0 saturated carbocycles. The Hall–Kier alpha value is -2.59. The predicted octanol–water partition coefficient (Wildman–Crippen LogP) is 7.38. The number of likely N-dealkylation sites (tertiary alicyclic amines) is 1. The number of hydrogen-bond donors (Lipinski definition) is 2. The average Bonchev–Trinajstić information content (AvgIpc) is 3.45. The van der Waals surface area contributed by atoms with Crippen molar-refractivity contribution in [2.45, 2.75) is 73.1 Å². The Bertz CT molecular complexity index is 835. The summed E-state index contributed by atoms with van der Waals surface area (Å²) in [6.45, 7) is 21.8. The first-order valence-corrected chi connectivity index (χ1v) is 13.3. The zero-order chi connectivity index (χ0) is 27.7. The number of benzene rings is 2. The van der Waals surface area contributed by atoms with E-state index in [1.54, 1.807) is 6.07 Å². The van der Waals surface area contributed by atoms with Gasteiger partial charge in [-0.25, -0.2) is 0 Å². The summed E-state index contributed by atoms with van der Waals surface area (Å²) in [4.78, 5) is 10.5. The van der Waals surface area contributed by atoms with E-state index in [-0.39, 0.29) is 11.5 Å². The van der Waals surface area contributed by atoms with Gasteiger partial charge in [0.2, 0.25) is 0 Å². The van der Waals surface area contributed by atoms with Crippen molar-refractivity contribution in [1.82, 2.24) is 4.90 Å². The van der Waals surface area contributed by atoms with Crippen LogP contribution in [0.25, 0.3) is 0 Å². The van der Waals surface area contributed by atoms with E-state index in [4.69, 9.17) is 4.79 Å². The molecule has 2 aliphatic rings. The van der Waals surface area contributed by atoms with Crippen LogP contribution >= 0.6 is 0 Å². The number of rotatable bonds is 4. The summed E-state index contributed by atoms with van der Waals surface area (Å²) in [5.41, 5.74) is 4.91. The summed E-state index contributed by atoms with van der Waals surface area (Å²) >= 11 is 0. The molecule has 4 heteroatoms. The van der Waals surface area contributed by atoms with Crippen LogP contribution in [-0.4, -0.2) is 42.0 Å². The van der Waals surface area contributed by atoms with Crippen molar-refractivity contribution in [3.05, 3.63) is 71.8 Å². The largest absolute Gasteiger partial charge is 0.508 e. The van der Waals surface area contributed by atoms with E-state index < -0.39 is 0 Å². The molecule has 4 nitrogen and oxygen atoms in total. The smallest absolute Gasteiger partial charge is 0.122 e. The molecule has 2 aromatic rings. The Morgan fingerprint density at radius 3 is 1.92 bits per heavy atom. The summed E-state index contributed by atoms with van der Waals surface area (Å²) in [5.74, 6) is 2.97. The molecule has 1 heterocycles. The topological polar surface area (TPSA) is 60.8 Å². The van der Waals surface area contributed by atoms with E-state index in [1.165, 1.54) is 56.0 Å². The molecule has 1 saturated heterocycles. The monoisotopic (exact) mass is 497 g/mol. The standard InChI is InChI=1S/C10H12O2.C10H14.C9H19N.C2H4.CH2O/c1-6-2-7-4-8(11)5-10(12)9(7)3-6;1-3-4-10-7-5-9(2)6-8-10;1-4-8-6-10(3)7-9(8)5-2;2*1-2/h4-6,11-12H,2-3H2,1H3;5-8H,3-4H2,1-2H3;8-9H,4-7H2,1-3H3;1-2H2;1H2. The Balaban J connectivity index is 0.000000479. The van der Waals surface area contributed by atoms with Gasteiger partial charge in [0.25, 0.3) is 0 Å². The Morgan fingerprint density at radius 1 is 0.917 bits per heavy atom. The van der Waals surface area contributed by atoms with Gasteiger partial charge in [-0.3, -0.25) is 0 Å². The third-order valence-electron chi connectivity index (χ3n) is 6.89. The van der Waals surface area contributed by atoms with Crippen LogP contribution in [0.15, 0.2) is 49.6 Å². The zero-order valence-corrected chi connectivity index (χ0v) is 23.7. The predicted molar refractivity (Wildman–Crippen MR) is 155 cm³/mol. The van der Waals surface area contributed by atoms with E-state index >= 15 is 0 Å². The van der Waals surface area contributed by atoms with E-state index in [1.807, 2.05) is 6.79 Å². The molecule has 0 radical (unpaired) electrons. The Kier molecular flexibility index (Phi) is 17.3. The van der Waals surface area contributed by atoms with Crippen LogP contribution in [0.1, 0.15) is 69.2 Å². The van der Waals surface area contributed by atoms with E-state index in [0.717, 1.165) is 35.8 Å². The van der Waals surface area contributed by atoms with Crippen molar-refractivity contribution in [2.75, 3.05) is 20.1 Å². The molecular weight excluding hydrogens is 446 g/mol. The molecule has 1 aliphatic heterocycles. The summed E-state index contributed by atoms with van der Waals surface area (Å²) < 4.78 is 0. The second kappa shape index (κ2) is 18.6. The molecule has 36 heavy (non-hydrogen) atoms. The van der Waals surface area contributed by atoms with Crippen LogP contribution in [-0.2, 0) is 24.1 Å². The zero-order valence-electron chi connectivity index (χ0n) is 23.7. The minimum Gasteiger partial charge on any atom is -0.508 e. The number of aryl methyl sites for hydroxylation is 2. The lowest BCUT2D eigenvalue weighted by molar-refractivity contribution is -0.0980. The highest BCUT2D eigenvalue weighted by Gasteiger charge is 2.27. The maximum atomic E-state index is 9.47. The molecule has 0 spiro atoms. The summed E-state index contributed by atoms with van der Waals surface area (Å²) in [7, 11) is 2.23. The van der Waals surface area contributed by atoms with Gasteiger partial charge in [-0.15, -0.1) is 13.2 Å². The van der Waals surface area contributed by atoms with Crippen LogP contribution in [0.4, 0.5) is 0 Å². The quantitative estimate of drug-likeness (QED) is 0.433. The van der Waals surface area contributed by atoms with E-state index in [9.17, 15) is 10.2 Å². The molecule has 3 unspecified atom stereocenters. The average molecular weight is 498 g/mol. The van der Waals surface area contributed by atoms with Crippen molar-refractivity contribution >= 4 is 6.79 Å². The van der Waals surface area contributed by atoms with Gasteiger partial charge in [0.15, 0.2) is 0 Å². The first-order chi connectivity index (χ1) is 17.3. The van der Waals surface area contributed by atoms with E-state index in [2.05, 4.69) is 84.0 Å². The molecule has 0 amide bonds.